The summed E-state index contributed by atoms with van der Waals surface area (Å²) in [6, 6.07) is 10.9. The summed E-state index contributed by atoms with van der Waals surface area (Å²) in [5.74, 6) is -1.41. The highest BCUT2D eigenvalue weighted by atomic mass is 32.2. The Bertz CT molecular complexity index is 1030. The molecule has 0 atom stereocenters. The molecule has 1 heterocycles. The van der Waals surface area contributed by atoms with Crippen LogP contribution in [0.5, 0.6) is 5.75 Å². The lowest BCUT2D eigenvalue weighted by Crippen LogP contribution is -2.12. The summed E-state index contributed by atoms with van der Waals surface area (Å²) in [6.07, 6.45) is 2.63. The van der Waals surface area contributed by atoms with Gasteiger partial charge in [0.2, 0.25) is 0 Å². The Balaban J connectivity index is 2.12. The van der Waals surface area contributed by atoms with Gasteiger partial charge in [-0.15, -0.1) is 0 Å². The Labute approximate surface area is 149 Å². The fourth-order valence-electron chi connectivity index (χ4n) is 2.65. The van der Waals surface area contributed by atoms with Crippen molar-refractivity contribution < 1.29 is 27.5 Å². The van der Waals surface area contributed by atoms with Crippen LogP contribution in [0.25, 0.3) is 11.3 Å². The lowest BCUT2D eigenvalue weighted by atomic mass is 10.0. The predicted octanol–water partition coefficient (Wildman–Crippen LogP) is 3.02. The number of aromatic carboxylic acids is 1. The third-order valence-electron chi connectivity index (χ3n) is 3.81. The second-order valence-corrected chi connectivity index (χ2v) is 7.41. The molecule has 26 heavy (non-hydrogen) atoms. The number of hydrogen-bond acceptors (Lipinski definition) is 6. The second kappa shape index (κ2) is 7.01. The van der Waals surface area contributed by atoms with Gasteiger partial charge in [-0.2, -0.15) is 0 Å². The summed E-state index contributed by atoms with van der Waals surface area (Å²) in [5, 5.41) is 9.65. The zero-order valence-corrected chi connectivity index (χ0v) is 14.6. The number of rotatable bonds is 6. The molecule has 0 unspecified atom stereocenters. The smallest absolute Gasteiger partial charge is 0.339 e. The number of sulfone groups is 1. The minimum absolute atomic E-state index is 0.0232. The highest BCUT2D eigenvalue weighted by molar-refractivity contribution is 7.90. The Hall–Kier alpha value is -3.13. The third-order valence-corrected chi connectivity index (χ3v) is 5.49. The Kier molecular flexibility index (Phi) is 4.77. The monoisotopic (exact) mass is 373 g/mol. The van der Waals surface area contributed by atoms with Crippen LogP contribution in [0.4, 0.5) is 0 Å². The number of methoxy groups -OCH3 is 1. The van der Waals surface area contributed by atoms with Crippen molar-refractivity contribution in [1.29, 1.82) is 0 Å². The first-order valence-corrected chi connectivity index (χ1v) is 9.19. The summed E-state index contributed by atoms with van der Waals surface area (Å²) in [7, 11) is -2.40. The molecule has 3 aromatic rings. The van der Waals surface area contributed by atoms with Crippen LogP contribution in [0.3, 0.4) is 0 Å². The summed E-state index contributed by atoms with van der Waals surface area (Å²) in [5.41, 5.74) is 0.283. The number of carboxylic acid groups (broad SMARTS) is 1. The first kappa shape index (κ1) is 17.7. The normalized spacial score (nSPS) is 11.3. The Morgan fingerprint density at radius 3 is 2.50 bits per heavy atom. The maximum Gasteiger partial charge on any atom is 0.339 e. The van der Waals surface area contributed by atoms with E-state index in [1.54, 1.807) is 24.3 Å². The molecule has 0 saturated heterocycles. The van der Waals surface area contributed by atoms with E-state index in [0.29, 0.717) is 11.3 Å². The molecule has 8 heteroatoms. The van der Waals surface area contributed by atoms with Crippen LogP contribution < -0.4 is 4.74 Å². The average Bonchev–Trinajstić information content (AvgIpc) is 3.15. The molecule has 0 spiro atoms. The van der Waals surface area contributed by atoms with Crippen molar-refractivity contribution in [3.8, 4) is 17.1 Å². The number of ether oxygens (including phenoxy) is 1. The quantitative estimate of drug-likeness (QED) is 0.708. The van der Waals surface area contributed by atoms with E-state index in [9.17, 15) is 18.3 Å². The van der Waals surface area contributed by atoms with Crippen molar-refractivity contribution in [3.05, 3.63) is 66.2 Å². The molecule has 0 saturated carbocycles. The van der Waals surface area contributed by atoms with E-state index < -0.39 is 21.6 Å². The molecule has 0 radical (unpaired) electrons. The van der Waals surface area contributed by atoms with Gasteiger partial charge in [0.05, 0.1) is 29.5 Å². The van der Waals surface area contributed by atoms with Gasteiger partial charge in [-0.3, -0.25) is 0 Å². The van der Waals surface area contributed by atoms with Crippen molar-refractivity contribution in [2.75, 3.05) is 7.11 Å². The number of carboxylic acids is 1. The second-order valence-electron chi connectivity index (χ2n) is 5.42. The minimum Gasteiger partial charge on any atom is -0.495 e. The number of aromatic nitrogens is 1. The van der Waals surface area contributed by atoms with Crippen molar-refractivity contribution >= 4 is 15.8 Å². The largest absolute Gasteiger partial charge is 0.495 e. The number of hydrogen-bond donors (Lipinski definition) is 1. The van der Waals surface area contributed by atoms with Gasteiger partial charge in [-0.1, -0.05) is 24.3 Å². The van der Waals surface area contributed by atoms with Crippen LogP contribution in [0.2, 0.25) is 0 Å². The zero-order chi connectivity index (χ0) is 18.7. The maximum absolute atomic E-state index is 12.6. The molecule has 3 rings (SSSR count). The van der Waals surface area contributed by atoms with Gasteiger partial charge in [-0.05, 0) is 23.8 Å². The molecule has 0 bridgehead atoms. The van der Waals surface area contributed by atoms with Crippen molar-refractivity contribution in [3.63, 3.8) is 0 Å². The van der Waals surface area contributed by atoms with Crippen LogP contribution >= 0.6 is 0 Å². The third kappa shape index (κ3) is 3.31. The summed E-state index contributed by atoms with van der Waals surface area (Å²) in [6.45, 7) is 0. The van der Waals surface area contributed by atoms with Crippen molar-refractivity contribution in [2.24, 2.45) is 0 Å². The topological polar surface area (TPSA) is 107 Å². The van der Waals surface area contributed by atoms with E-state index in [2.05, 4.69) is 4.98 Å². The number of nitrogens with zero attached hydrogens (tertiary/aromatic N) is 1. The van der Waals surface area contributed by atoms with E-state index >= 15 is 0 Å². The molecule has 7 nitrogen and oxygen atoms in total. The number of benzene rings is 2. The van der Waals surface area contributed by atoms with Crippen LogP contribution in [0.15, 0.2) is 64.4 Å². The molecular weight excluding hydrogens is 358 g/mol. The summed E-state index contributed by atoms with van der Waals surface area (Å²) >= 11 is 0. The van der Waals surface area contributed by atoms with Crippen molar-refractivity contribution in [2.45, 2.75) is 10.6 Å². The van der Waals surface area contributed by atoms with Gasteiger partial charge in [0.1, 0.15) is 11.3 Å². The predicted molar refractivity (Wildman–Crippen MR) is 92.8 cm³/mol. The molecule has 0 amide bonds. The lowest BCUT2D eigenvalue weighted by Gasteiger charge is -2.14. The van der Waals surface area contributed by atoms with Crippen LogP contribution in [-0.4, -0.2) is 31.6 Å². The van der Waals surface area contributed by atoms with E-state index in [4.69, 9.17) is 9.15 Å². The average molecular weight is 373 g/mol. The molecule has 0 aliphatic heterocycles. The highest BCUT2D eigenvalue weighted by Crippen LogP contribution is 2.36. The molecule has 0 aliphatic rings. The fourth-order valence-corrected chi connectivity index (χ4v) is 4.04. The lowest BCUT2D eigenvalue weighted by molar-refractivity contribution is 0.0692. The molecule has 0 fully saturated rings. The van der Waals surface area contributed by atoms with Crippen LogP contribution in [-0.2, 0) is 15.6 Å². The number of carbonyl (C=O) groups is 1. The molecular formula is C18H15NO6S. The number of oxazole rings is 1. The van der Waals surface area contributed by atoms with Gasteiger partial charge in [0.25, 0.3) is 0 Å². The molecule has 1 aromatic heterocycles. The standard InChI is InChI=1S/C18H15NO6S/c1-24-17-14(15-9-19-11-25-15)8-7-12(16(17)18(20)21)10-26(22,23)13-5-3-2-4-6-13/h2-9,11H,10H2,1H3,(H,20,21). The van der Waals surface area contributed by atoms with Gasteiger partial charge >= 0.3 is 5.97 Å². The first-order chi connectivity index (χ1) is 12.4. The fraction of sp³-hybridized carbons (Fsp3) is 0.111. The summed E-state index contributed by atoms with van der Waals surface area (Å²) < 4.78 is 35.7. The van der Waals surface area contributed by atoms with Crippen LogP contribution in [0, 0.1) is 0 Å². The Morgan fingerprint density at radius 1 is 1.19 bits per heavy atom. The van der Waals surface area contributed by atoms with Crippen molar-refractivity contribution in [1.82, 2.24) is 4.98 Å². The highest BCUT2D eigenvalue weighted by Gasteiger charge is 2.26. The molecule has 1 N–H and O–H groups in total. The Morgan fingerprint density at radius 2 is 1.92 bits per heavy atom. The van der Waals surface area contributed by atoms with E-state index in [-0.39, 0.29) is 21.8 Å². The molecule has 2 aromatic carbocycles. The first-order valence-electron chi connectivity index (χ1n) is 7.54. The van der Waals surface area contributed by atoms with Gasteiger partial charge in [-0.25, -0.2) is 18.2 Å². The van der Waals surface area contributed by atoms with E-state index in [1.807, 2.05) is 0 Å². The zero-order valence-electron chi connectivity index (χ0n) is 13.7. The van der Waals surface area contributed by atoms with E-state index in [1.165, 1.54) is 37.9 Å². The summed E-state index contributed by atoms with van der Waals surface area (Å²) in [4.78, 5) is 15.7. The minimum atomic E-state index is -3.72. The van der Waals surface area contributed by atoms with Gasteiger partial charge in [0.15, 0.2) is 22.0 Å². The van der Waals surface area contributed by atoms with E-state index in [0.717, 1.165) is 0 Å². The van der Waals surface area contributed by atoms with Gasteiger partial charge in [0, 0.05) is 0 Å². The molecule has 0 aliphatic carbocycles. The van der Waals surface area contributed by atoms with Gasteiger partial charge < -0.3 is 14.3 Å². The van der Waals surface area contributed by atoms with Crippen LogP contribution in [0.1, 0.15) is 15.9 Å². The maximum atomic E-state index is 12.6. The SMILES string of the molecule is COc1c(-c2cnco2)ccc(CS(=O)(=O)c2ccccc2)c1C(=O)O. The molecule has 134 valence electrons.